The Balaban J connectivity index is 1.66. The normalized spacial score (nSPS) is 11.2. The largest absolute Gasteiger partial charge is 0.490 e. The maximum absolute atomic E-state index is 13.5. The molecule has 0 aliphatic carbocycles. The zero-order valence-electron chi connectivity index (χ0n) is 19.1. The molecular formula is C27H19BrN4O4. The molecule has 36 heavy (non-hydrogen) atoms. The summed E-state index contributed by atoms with van der Waals surface area (Å²) in [5.74, 6) is 1.58. The third kappa shape index (κ3) is 4.46. The van der Waals surface area contributed by atoms with Crippen LogP contribution in [-0.2, 0) is 0 Å². The summed E-state index contributed by atoms with van der Waals surface area (Å²) in [5.41, 5.74) is 1.53. The molecule has 0 unspecified atom stereocenters. The highest BCUT2D eigenvalue weighted by Crippen LogP contribution is 2.33. The van der Waals surface area contributed by atoms with E-state index in [1.165, 1.54) is 10.9 Å². The molecule has 0 radical (unpaired) electrons. The van der Waals surface area contributed by atoms with E-state index in [9.17, 15) is 4.79 Å². The van der Waals surface area contributed by atoms with Gasteiger partial charge in [-0.05, 0) is 59.3 Å². The van der Waals surface area contributed by atoms with Gasteiger partial charge in [0, 0.05) is 15.4 Å². The molecule has 0 atom stereocenters. The second kappa shape index (κ2) is 10.1. The van der Waals surface area contributed by atoms with Crippen molar-refractivity contribution < 1.29 is 13.9 Å². The summed E-state index contributed by atoms with van der Waals surface area (Å²) in [6.45, 7) is 2.15. The number of para-hydroxylation sites is 2. The maximum atomic E-state index is 13.5. The maximum Gasteiger partial charge on any atom is 0.282 e. The third-order valence-corrected chi connectivity index (χ3v) is 6.05. The molecule has 5 rings (SSSR count). The average Bonchev–Trinajstić information content (AvgIpc) is 3.33. The Morgan fingerprint density at radius 1 is 1.11 bits per heavy atom. The van der Waals surface area contributed by atoms with Gasteiger partial charge >= 0.3 is 0 Å². The van der Waals surface area contributed by atoms with Crippen LogP contribution >= 0.6 is 15.9 Å². The Labute approximate surface area is 214 Å². The van der Waals surface area contributed by atoms with Gasteiger partial charge in [-0.1, -0.05) is 30.3 Å². The fourth-order valence-corrected chi connectivity index (χ4v) is 4.17. The molecule has 0 N–H and O–H groups in total. The lowest BCUT2D eigenvalue weighted by molar-refractivity contribution is 0.298. The van der Waals surface area contributed by atoms with E-state index in [0.29, 0.717) is 50.4 Å². The van der Waals surface area contributed by atoms with Gasteiger partial charge in [-0.25, -0.2) is 4.98 Å². The summed E-state index contributed by atoms with van der Waals surface area (Å²) in [6.07, 6.45) is 1.53. The van der Waals surface area contributed by atoms with Gasteiger partial charge in [0.2, 0.25) is 5.82 Å². The van der Waals surface area contributed by atoms with Crippen molar-refractivity contribution >= 4 is 44.0 Å². The highest BCUT2D eigenvalue weighted by Gasteiger charge is 2.17. The summed E-state index contributed by atoms with van der Waals surface area (Å²) < 4.78 is 19.0. The van der Waals surface area contributed by atoms with Crippen LogP contribution < -0.4 is 15.0 Å². The highest BCUT2D eigenvalue weighted by atomic mass is 79.9. The standard InChI is InChI=1S/C27H19BrN4O4/c1-2-34-23-14-18(20(28)15-24(23)35-12-11-29)16-30-32-26(25-13-17-7-3-6-10-22(17)36-25)31-21-9-5-4-8-19(21)27(32)33/h3-10,13-16H,2,12H2,1H3. The molecule has 0 saturated heterocycles. The van der Waals surface area contributed by atoms with Crippen LogP contribution in [-0.4, -0.2) is 29.1 Å². The lowest BCUT2D eigenvalue weighted by Crippen LogP contribution is -2.20. The van der Waals surface area contributed by atoms with Crippen molar-refractivity contribution in [2.24, 2.45) is 5.10 Å². The van der Waals surface area contributed by atoms with E-state index in [2.05, 4.69) is 21.0 Å². The summed E-state index contributed by atoms with van der Waals surface area (Å²) in [4.78, 5) is 18.2. The van der Waals surface area contributed by atoms with E-state index < -0.39 is 0 Å². The number of fused-ring (bicyclic) bond motifs is 2. The summed E-state index contributed by atoms with van der Waals surface area (Å²) in [5, 5.41) is 14.7. The van der Waals surface area contributed by atoms with Crippen molar-refractivity contribution in [2.45, 2.75) is 6.92 Å². The molecule has 0 bridgehead atoms. The molecule has 178 valence electrons. The van der Waals surface area contributed by atoms with Crippen LogP contribution in [0.1, 0.15) is 12.5 Å². The smallest absolute Gasteiger partial charge is 0.282 e. The molecule has 0 fully saturated rings. The summed E-state index contributed by atoms with van der Waals surface area (Å²) in [6, 6.07) is 21.9. The van der Waals surface area contributed by atoms with Gasteiger partial charge in [0.05, 0.1) is 23.7 Å². The molecule has 5 aromatic rings. The van der Waals surface area contributed by atoms with E-state index in [-0.39, 0.29) is 18.0 Å². The topological polar surface area (TPSA) is 103 Å². The molecule has 0 aliphatic heterocycles. The Hall–Kier alpha value is -4.42. The van der Waals surface area contributed by atoms with E-state index in [0.717, 1.165) is 5.39 Å². The molecule has 0 saturated carbocycles. The Morgan fingerprint density at radius 3 is 2.69 bits per heavy atom. The minimum Gasteiger partial charge on any atom is -0.490 e. The quantitative estimate of drug-likeness (QED) is 0.242. The van der Waals surface area contributed by atoms with Gasteiger partial charge in [-0.15, -0.1) is 0 Å². The fourth-order valence-electron chi connectivity index (χ4n) is 3.74. The predicted octanol–water partition coefficient (Wildman–Crippen LogP) is 5.76. The van der Waals surface area contributed by atoms with Crippen molar-refractivity contribution in [3.8, 4) is 29.2 Å². The van der Waals surface area contributed by atoms with Gasteiger partial charge in [0.1, 0.15) is 11.7 Å². The van der Waals surface area contributed by atoms with Crippen LogP contribution in [0.3, 0.4) is 0 Å². The molecule has 0 aliphatic rings. The van der Waals surface area contributed by atoms with Gasteiger partial charge < -0.3 is 13.9 Å². The van der Waals surface area contributed by atoms with E-state index in [1.54, 1.807) is 30.3 Å². The molecule has 8 nitrogen and oxygen atoms in total. The number of rotatable bonds is 7. The lowest BCUT2D eigenvalue weighted by atomic mass is 10.2. The number of hydrogen-bond donors (Lipinski definition) is 0. The van der Waals surface area contributed by atoms with Crippen molar-refractivity contribution in [3.63, 3.8) is 0 Å². The summed E-state index contributed by atoms with van der Waals surface area (Å²) in [7, 11) is 0. The van der Waals surface area contributed by atoms with Crippen LogP contribution in [0.5, 0.6) is 11.5 Å². The molecule has 0 spiro atoms. The molecule has 9 heteroatoms. The number of nitrogens with zero attached hydrogens (tertiary/aromatic N) is 4. The summed E-state index contributed by atoms with van der Waals surface area (Å²) >= 11 is 3.51. The SMILES string of the molecule is CCOc1cc(C=Nn2c(-c3cc4ccccc4o3)nc3ccccc3c2=O)c(Br)cc1OCC#N. The Kier molecular flexibility index (Phi) is 6.52. The Morgan fingerprint density at radius 2 is 1.89 bits per heavy atom. The predicted molar refractivity (Wildman–Crippen MR) is 141 cm³/mol. The Bertz CT molecular complexity index is 1680. The van der Waals surface area contributed by atoms with Gasteiger partial charge in [-0.3, -0.25) is 4.79 Å². The number of furan rings is 1. The molecule has 2 heterocycles. The van der Waals surface area contributed by atoms with E-state index >= 15 is 0 Å². The van der Waals surface area contributed by atoms with Crippen molar-refractivity contribution in [2.75, 3.05) is 13.2 Å². The zero-order chi connectivity index (χ0) is 25.1. The molecular weight excluding hydrogens is 524 g/mol. The van der Waals surface area contributed by atoms with E-state index in [4.69, 9.17) is 24.1 Å². The third-order valence-electron chi connectivity index (χ3n) is 5.37. The van der Waals surface area contributed by atoms with Crippen LogP contribution in [0.15, 0.2) is 85.5 Å². The molecule has 3 aromatic carbocycles. The number of benzene rings is 3. The van der Waals surface area contributed by atoms with Crippen molar-refractivity contribution in [1.29, 1.82) is 5.26 Å². The fraction of sp³-hybridized carbons (Fsp3) is 0.111. The van der Waals surface area contributed by atoms with Crippen LogP contribution in [0.2, 0.25) is 0 Å². The first-order chi connectivity index (χ1) is 17.6. The number of aromatic nitrogens is 2. The molecule has 0 amide bonds. The zero-order valence-corrected chi connectivity index (χ0v) is 20.7. The van der Waals surface area contributed by atoms with Gasteiger partial charge in [0.25, 0.3) is 5.56 Å². The lowest BCUT2D eigenvalue weighted by Gasteiger charge is -2.12. The average molecular weight is 543 g/mol. The number of ether oxygens (including phenoxy) is 2. The van der Waals surface area contributed by atoms with Gasteiger partial charge in [-0.2, -0.15) is 15.0 Å². The second-order valence-electron chi connectivity index (χ2n) is 7.66. The first-order valence-corrected chi connectivity index (χ1v) is 11.9. The first-order valence-electron chi connectivity index (χ1n) is 11.1. The van der Waals surface area contributed by atoms with Crippen LogP contribution in [0.4, 0.5) is 0 Å². The van der Waals surface area contributed by atoms with Gasteiger partial charge in [0.15, 0.2) is 23.9 Å². The minimum absolute atomic E-state index is 0.112. The number of hydrogen-bond acceptors (Lipinski definition) is 7. The minimum atomic E-state index is -0.331. The van der Waals surface area contributed by atoms with Crippen molar-refractivity contribution in [3.05, 3.63) is 87.1 Å². The first kappa shape index (κ1) is 23.3. The number of nitriles is 1. The van der Waals surface area contributed by atoms with Crippen LogP contribution in [0, 0.1) is 11.3 Å². The highest BCUT2D eigenvalue weighted by molar-refractivity contribution is 9.10. The van der Waals surface area contributed by atoms with E-state index in [1.807, 2.05) is 49.4 Å². The van der Waals surface area contributed by atoms with Crippen LogP contribution in [0.25, 0.3) is 33.5 Å². The monoisotopic (exact) mass is 542 g/mol. The number of halogens is 1. The second-order valence-corrected chi connectivity index (χ2v) is 8.52. The van der Waals surface area contributed by atoms with Crippen molar-refractivity contribution in [1.82, 2.24) is 9.66 Å². The molecule has 2 aromatic heterocycles.